The van der Waals surface area contributed by atoms with Crippen molar-refractivity contribution < 1.29 is 14.3 Å². The van der Waals surface area contributed by atoms with Gasteiger partial charge in [0.2, 0.25) is 0 Å². The number of nitrogens with one attached hydrogen (secondary N) is 1. The van der Waals surface area contributed by atoms with E-state index in [2.05, 4.69) is 15.4 Å². The lowest BCUT2D eigenvalue weighted by Gasteiger charge is -2.10. The van der Waals surface area contributed by atoms with Gasteiger partial charge in [-0.2, -0.15) is 5.10 Å². The molecule has 8 nitrogen and oxygen atoms in total. The van der Waals surface area contributed by atoms with E-state index in [0.29, 0.717) is 18.1 Å². The van der Waals surface area contributed by atoms with Gasteiger partial charge in [-0.05, 0) is 48.0 Å². The molecule has 0 atom stereocenters. The second kappa shape index (κ2) is 11.4. The standard InChI is InChI=1S/C26H24N4O4/c31-25-13-12-24(29-30(25)15-16-33-22-9-2-1-3-10-22)26(32)28-18-20-7-6-11-23(17-20)34-19-21-8-4-5-14-27-21/h1-14,17H,15-16,18-19H2,(H,28,32). The molecule has 0 bridgehead atoms. The third-order valence-electron chi connectivity index (χ3n) is 4.88. The second-order valence-electron chi connectivity index (χ2n) is 7.38. The van der Waals surface area contributed by atoms with Gasteiger partial charge in [-0.1, -0.05) is 36.4 Å². The zero-order valence-corrected chi connectivity index (χ0v) is 18.5. The Bertz CT molecular complexity index is 1280. The molecule has 0 saturated carbocycles. The van der Waals surface area contributed by atoms with Gasteiger partial charge in [0.15, 0.2) is 0 Å². The molecule has 4 aromatic rings. The Labute approximate surface area is 196 Å². The van der Waals surface area contributed by atoms with E-state index in [9.17, 15) is 9.59 Å². The molecule has 0 fully saturated rings. The smallest absolute Gasteiger partial charge is 0.271 e. The highest BCUT2D eigenvalue weighted by atomic mass is 16.5. The van der Waals surface area contributed by atoms with Crippen molar-refractivity contribution in [1.29, 1.82) is 0 Å². The fourth-order valence-corrected chi connectivity index (χ4v) is 3.16. The molecule has 0 aliphatic heterocycles. The summed E-state index contributed by atoms with van der Waals surface area (Å²) >= 11 is 0. The van der Waals surface area contributed by atoms with Gasteiger partial charge in [0.05, 0.1) is 12.2 Å². The number of pyridine rings is 1. The zero-order chi connectivity index (χ0) is 23.6. The largest absolute Gasteiger partial charge is 0.492 e. The third-order valence-corrected chi connectivity index (χ3v) is 4.88. The van der Waals surface area contributed by atoms with Crippen LogP contribution >= 0.6 is 0 Å². The van der Waals surface area contributed by atoms with Gasteiger partial charge in [-0.25, -0.2) is 4.68 Å². The van der Waals surface area contributed by atoms with Gasteiger partial charge in [0.1, 0.15) is 30.4 Å². The third kappa shape index (κ3) is 6.52. The predicted octanol–water partition coefficient (Wildman–Crippen LogP) is 3.23. The minimum atomic E-state index is -0.377. The lowest BCUT2D eigenvalue weighted by atomic mass is 10.2. The summed E-state index contributed by atoms with van der Waals surface area (Å²) in [5.41, 5.74) is 1.56. The van der Waals surface area contributed by atoms with Crippen LogP contribution in [0, 0.1) is 0 Å². The van der Waals surface area contributed by atoms with Crippen molar-refractivity contribution in [3.8, 4) is 11.5 Å². The summed E-state index contributed by atoms with van der Waals surface area (Å²) < 4.78 is 12.6. The quantitative estimate of drug-likeness (QED) is 0.394. The molecule has 0 saturated heterocycles. The number of rotatable bonds is 10. The summed E-state index contributed by atoms with van der Waals surface area (Å²) in [4.78, 5) is 29.0. The van der Waals surface area contributed by atoms with Crippen molar-refractivity contribution in [2.24, 2.45) is 0 Å². The first-order valence-corrected chi connectivity index (χ1v) is 10.8. The number of carbonyl (C=O) groups is 1. The van der Waals surface area contributed by atoms with Gasteiger partial charge in [-0.15, -0.1) is 0 Å². The lowest BCUT2D eigenvalue weighted by Crippen LogP contribution is -2.30. The van der Waals surface area contributed by atoms with E-state index in [0.717, 1.165) is 11.3 Å². The maximum Gasteiger partial charge on any atom is 0.271 e. The molecule has 8 heteroatoms. The Morgan fingerprint density at radius 2 is 1.71 bits per heavy atom. The van der Waals surface area contributed by atoms with Crippen LogP contribution in [0.2, 0.25) is 0 Å². The summed E-state index contributed by atoms with van der Waals surface area (Å²) in [6.07, 6.45) is 1.72. The first-order chi connectivity index (χ1) is 16.7. The topological polar surface area (TPSA) is 95.3 Å². The van der Waals surface area contributed by atoms with Gasteiger partial charge in [-0.3, -0.25) is 14.6 Å². The molecule has 1 N–H and O–H groups in total. The summed E-state index contributed by atoms with van der Waals surface area (Å²) in [6.45, 7) is 1.13. The normalized spacial score (nSPS) is 10.5. The van der Waals surface area contributed by atoms with Crippen molar-refractivity contribution in [3.05, 3.63) is 118 Å². The monoisotopic (exact) mass is 456 g/mol. The van der Waals surface area contributed by atoms with Crippen molar-refractivity contribution in [2.75, 3.05) is 6.61 Å². The molecule has 2 aromatic heterocycles. The van der Waals surface area contributed by atoms with Crippen LogP contribution in [0.5, 0.6) is 11.5 Å². The Morgan fingerprint density at radius 3 is 2.53 bits per heavy atom. The Morgan fingerprint density at radius 1 is 0.882 bits per heavy atom. The number of amides is 1. The predicted molar refractivity (Wildman–Crippen MR) is 127 cm³/mol. The maximum absolute atomic E-state index is 12.6. The molecule has 172 valence electrons. The van der Waals surface area contributed by atoms with Crippen LogP contribution in [-0.2, 0) is 19.7 Å². The Hall–Kier alpha value is -4.46. The van der Waals surface area contributed by atoms with E-state index in [1.165, 1.54) is 16.8 Å². The van der Waals surface area contributed by atoms with E-state index in [1.54, 1.807) is 6.20 Å². The molecular weight excluding hydrogens is 432 g/mol. The number of nitrogens with zero attached hydrogens (tertiary/aromatic N) is 3. The molecule has 0 aliphatic carbocycles. The van der Waals surface area contributed by atoms with Crippen LogP contribution in [0.15, 0.2) is 95.9 Å². The highest BCUT2D eigenvalue weighted by Gasteiger charge is 2.10. The van der Waals surface area contributed by atoms with Crippen LogP contribution in [0.4, 0.5) is 0 Å². The van der Waals surface area contributed by atoms with Gasteiger partial charge >= 0.3 is 0 Å². The summed E-state index contributed by atoms with van der Waals surface area (Å²) in [5.74, 6) is 1.01. The average Bonchev–Trinajstić information content (AvgIpc) is 2.88. The number of carbonyl (C=O) groups excluding carboxylic acids is 1. The van der Waals surface area contributed by atoms with Crippen LogP contribution in [0.1, 0.15) is 21.7 Å². The molecule has 4 rings (SSSR count). The van der Waals surface area contributed by atoms with Crippen LogP contribution in [0.25, 0.3) is 0 Å². The minimum absolute atomic E-state index is 0.155. The van der Waals surface area contributed by atoms with Crippen LogP contribution < -0.4 is 20.3 Å². The van der Waals surface area contributed by atoms with Crippen molar-refractivity contribution in [3.63, 3.8) is 0 Å². The van der Waals surface area contributed by atoms with E-state index < -0.39 is 0 Å². The summed E-state index contributed by atoms with van der Waals surface area (Å²) in [7, 11) is 0. The SMILES string of the molecule is O=C(NCc1cccc(OCc2ccccn2)c1)c1ccc(=O)n(CCOc2ccccc2)n1. The number of hydrogen-bond acceptors (Lipinski definition) is 6. The van der Waals surface area contributed by atoms with Gasteiger partial charge in [0.25, 0.3) is 11.5 Å². The minimum Gasteiger partial charge on any atom is -0.492 e. The van der Waals surface area contributed by atoms with E-state index in [-0.39, 0.29) is 36.9 Å². The van der Waals surface area contributed by atoms with Crippen LogP contribution in [0.3, 0.4) is 0 Å². The Balaban J connectivity index is 1.31. The lowest BCUT2D eigenvalue weighted by molar-refractivity contribution is 0.0942. The maximum atomic E-state index is 12.6. The molecule has 34 heavy (non-hydrogen) atoms. The Kier molecular flexibility index (Phi) is 7.63. The van der Waals surface area contributed by atoms with E-state index in [1.807, 2.05) is 72.8 Å². The number of benzene rings is 2. The molecule has 0 spiro atoms. The molecule has 0 radical (unpaired) electrons. The number of para-hydroxylation sites is 1. The van der Waals surface area contributed by atoms with Gasteiger partial charge in [0, 0.05) is 18.8 Å². The molecule has 0 aliphatic rings. The average molecular weight is 457 g/mol. The molecular formula is C26H24N4O4. The molecule has 0 unspecified atom stereocenters. The first-order valence-electron chi connectivity index (χ1n) is 10.8. The fourth-order valence-electron chi connectivity index (χ4n) is 3.16. The number of hydrogen-bond donors (Lipinski definition) is 1. The van der Waals surface area contributed by atoms with Crippen molar-refractivity contribution >= 4 is 5.91 Å². The number of ether oxygens (including phenoxy) is 2. The first kappa shape index (κ1) is 22.7. The fraction of sp³-hybridized carbons (Fsp3) is 0.154. The highest BCUT2D eigenvalue weighted by Crippen LogP contribution is 2.15. The zero-order valence-electron chi connectivity index (χ0n) is 18.5. The van der Waals surface area contributed by atoms with E-state index >= 15 is 0 Å². The summed E-state index contributed by atoms with van der Waals surface area (Å²) in [6, 6.07) is 25.2. The summed E-state index contributed by atoms with van der Waals surface area (Å²) in [5, 5.41) is 7.01. The van der Waals surface area contributed by atoms with E-state index in [4.69, 9.17) is 9.47 Å². The van der Waals surface area contributed by atoms with Crippen LogP contribution in [-0.4, -0.2) is 27.3 Å². The van der Waals surface area contributed by atoms with Crippen molar-refractivity contribution in [1.82, 2.24) is 20.1 Å². The molecule has 2 aromatic carbocycles. The van der Waals surface area contributed by atoms with Crippen molar-refractivity contribution in [2.45, 2.75) is 19.7 Å². The highest BCUT2D eigenvalue weighted by molar-refractivity contribution is 5.91. The molecule has 1 amide bonds. The number of aromatic nitrogens is 3. The molecule has 2 heterocycles. The second-order valence-corrected chi connectivity index (χ2v) is 7.38. The van der Waals surface area contributed by atoms with Gasteiger partial charge < -0.3 is 14.8 Å².